The first-order chi connectivity index (χ1) is 14.2. The second-order valence-corrected chi connectivity index (χ2v) is 7.50. The van der Waals surface area contributed by atoms with Crippen molar-refractivity contribution in [2.45, 2.75) is 26.3 Å². The Labute approximate surface area is 171 Å². The molecule has 2 aromatic heterocycles. The molecule has 0 unspecified atom stereocenters. The van der Waals surface area contributed by atoms with E-state index >= 15 is 0 Å². The molecule has 0 aliphatic carbocycles. The van der Waals surface area contributed by atoms with Crippen LogP contribution in [0.4, 0.5) is 0 Å². The van der Waals surface area contributed by atoms with Crippen molar-refractivity contribution in [1.29, 1.82) is 0 Å². The van der Waals surface area contributed by atoms with Crippen molar-refractivity contribution in [3.05, 3.63) is 72.0 Å². The molecule has 6 nitrogen and oxygen atoms in total. The van der Waals surface area contributed by atoms with Gasteiger partial charge in [-0.2, -0.15) is 0 Å². The largest absolute Gasteiger partial charge is 0.441 e. The number of rotatable bonds is 6. The van der Waals surface area contributed by atoms with Crippen molar-refractivity contribution < 1.29 is 9.21 Å². The zero-order valence-corrected chi connectivity index (χ0v) is 16.8. The van der Waals surface area contributed by atoms with Gasteiger partial charge in [0.25, 0.3) is 0 Å². The summed E-state index contributed by atoms with van der Waals surface area (Å²) in [5.74, 6) is 1.53. The molecule has 1 aliphatic heterocycles. The highest BCUT2D eigenvalue weighted by Crippen LogP contribution is 2.21. The van der Waals surface area contributed by atoms with Crippen molar-refractivity contribution in [2.24, 2.45) is 0 Å². The molecule has 4 rings (SSSR count). The zero-order chi connectivity index (χ0) is 20.1. The van der Waals surface area contributed by atoms with E-state index in [1.807, 2.05) is 41.6 Å². The first-order valence-electron chi connectivity index (χ1n) is 10.1. The summed E-state index contributed by atoms with van der Waals surface area (Å²) in [6.07, 6.45) is 6.34. The van der Waals surface area contributed by atoms with Crippen LogP contribution in [0, 0.1) is 6.92 Å². The second-order valence-electron chi connectivity index (χ2n) is 7.50. The number of hydrogen-bond donors (Lipinski definition) is 0. The van der Waals surface area contributed by atoms with Crippen molar-refractivity contribution in [3.63, 3.8) is 0 Å². The molecule has 0 bridgehead atoms. The molecule has 6 heteroatoms. The number of carbonyl (C=O) groups excluding carboxylic acids is 1. The summed E-state index contributed by atoms with van der Waals surface area (Å²) in [6.45, 7) is 6.28. The number of amides is 1. The number of aromatic nitrogens is 2. The minimum Gasteiger partial charge on any atom is -0.441 e. The molecular formula is C23H26N4O2. The minimum atomic E-state index is 0.170. The van der Waals surface area contributed by atoms with Gasteiger partial charge in [0.2, 0.25) is 5.91 Å². The van der Waals surface area contributed by atoms with E-state index in [9.17, 15) is 4.79 Å². The topological polar surface area (TPSA) is 62.5 Å². The quantitative estimate of drug-likeness (QED) is 0.646. The highest BCUT2D eigenvalue weighted by molar-refractivity contribution is 5.76. The van der Waals surface area contributed by atoms with Crippen molar-refractivity contribution >= 4 is 5.91 Å². The van der Waals surface area contributed by atoms with Crippen LogP contribution in [-0.2, 0) is 17.8 Å². The van der Waals surface area contributed by atoms with Gasteiger partial charge in [-0.05, 0) is 24.6 Å². The number of hydrogen-bond acceptors (Lipinski definition) is 5. The van der Waals surface area contributed by atoms with Crippen LogP contribution in [0.3, 0.4) is 0 Å². The maximum Gasteiger partial charge on any atom is 0.223 e. The van der Waals surface area contributed by atoms with Crippen LogP contribution >= 0.6 is 0 Å². The third-order valence-corrected chi connectivity index (χ3v) is 5.32. The summed E-state index contributed by atoms with van der Waals surface area (Å²) >= 11 is 0. The fourth-order valence-electron chi connectivity index (χ4n) is 3.55. The van der Waals surface area contributed by atoms with Crippen LogP contribution < -0.4 is 0 Å². The van der Waals surface area contributed by atoms with Crippen LogP contribution in [0.5, 0.6) is 0 Å². The molecule has 1 fully saturated rings. The molecule has 150 valence electrons. The Bertz CT molecular complexity index is 929. The number of aryl methyl sites for hydroxylation is 2. The average molecular weight is 390 g/mol. The Balaban J connectivity index is 1.24. The van der Waals surface area contributed by atoms with E-state index < -0.39 is 0 Å². The summed E-state index contributed by atoms with van der Waals surface area (Å²) in [7, 11) is 0. The molecule has 1 amide bonds. The van der Waals surface area contributed by atoms with Gasteiger partial charge in [0.05, 0.1) is 6.20 Å². The Kier molecular flexibility index (Phi) is 6.00. The Morgan fingerprint density at radius 3 is 2.48 bits per heavy atom. The fraction of sp³-hybridized carbons (Fsp3) is 0.348. The molecule has 1 saturated heterocycles. The fourth-order valence-corrected chi connectivity index (χ4v) is 3.55. The van der Waals surface area contributed by atoms with Crippen LogP contribution in [0.1, 0.15) is 23.4 Å². The van der Waals surface area contributed by atoms with Crippen molar-refractivity contribution in [3.8, 4) is 11.3 Å². The maximum atomic E-state index is 12.6. The molecule has 3 aromatic rings. The lowest BCUT2D eigenvalue weighted by Gasteiger charge is -2.34. The molecule has 29 heavy (non-hydrogen) atoms. The van der Waals surface area contributed by atoms with Gasteiger partial charge < -0.3 is 9.32 Å². The van der Waals surface area contributed by atoms with Crippen molar-refractivity contribution in [1.82, 2.24) is 19.8 Å². The van der Waals surface area contributed by atoms with Crippen LogP contribution in [-0.4, -0.2) is 51.9 Å². The molecule has 0 atom stereocenters. The highest BCUT2D eigenvalue weighted by Gasteiger charge is 2.21. The molecule has 0 radical (unpaired) electrons. The van der Waals surface area contributed by atoms with E-state index in [0.717, 1.165) is 44.0 Å². The third-order valence-electron chi connectivity index (χ3n) is 5.32. The Morgan fingerprint density at radius 2 is 1.76 bits per heavy atom. The average Bonchev–Trinajstić information content (AvgIpc) is 3.23. The molecule has 0 spiro atoms. The zero-order valence-electron chi connectivity index (χ0n) is 16.8. The number of piperazine rings is 1. The van der Waals surface area contributed by atoms with Crippen LogP contribution in [0.25, 0.3) is 11.3 Å². The van der Waals surface area contributed by atoms with E-state index in [0.29, 0.717) is 18.7 Å². The summed E-state index contributed by atoms with van der Waals surface area (Å²) in [6, 6.07) is 12.2. The highest BCUT2D eigenvalue weighted by atomic mass is 16.4. The summed E-state index contributed by atoms with van der Waals surface area (Å²) in [4.78, 5) is 25.3. The second kappa shape index (κ2) is 9.01. The lowest BCUT2D eigenvalue weighted by atomic mass is 10.1. The van der Waals surface area contributed by atoms with E-state index in [2.05, 4.69) is 33.9 Å². The summed E-state index contributed by atoms with van der Waals surface area (Å²) < 4.78 is 5.84. The van der Waals surface area contributed by atoms with Gasteiger partial charge in [-0.1, -0.05) is 29.8 Å². The third kappa shape index (κ3) is 5.09. The molecule has 3 heterocycles. The lowest BCUT2D eigenvalue weighted by molar-refractivity contribution is -0.133. The smallest absolute Gasteiger partial charge is 0.223 e. The summed E-state index contributed by atoms with van der Waals surface area (Å²) in [5, 5.41) is 0. The normalized spacial score (nSPS) is 14.9. The maximum absolute atomic E-state index is 12.6. The Hall–Kier alpha value is -2.99. The van der Waals surface area contributed by atoms with Gasteiger partial charge in [-0.3, -0.25) is 14.7 Å². The van der Waals surface area contributed by atoms with E-state index in [1.54, 1.807) is 6.20 Å². The van der Waals surface area contributed by atoms with Gasteiger partial charge in [-0.25, -0.2) is 4.98 Å². The van der Waals surface area contributed by atoms with E-state index in [4.69, 9.17) is 4.42 Å². The number of pyridine rings is 1. The molecule has 0 N–H and O–H groups in total. The lowest BCUT2D eigenvalue weighted by Crippen LogP contribution is -2.48. The molecular weight excluding hydrogens is 364 g/mol. The first kappa shape index (κ1) is 19.3. The number of nitrogens with zero attached hydrogens (tertiary/aromatic N) is 4. The Morgan fingerprint density at radius 1 is 1.03 bits per heavy atom. The minimum absolute atomic E-state index is 0.170. The predicted molar refractivity (Wildman–Crippen MR) is 111 cm³/mol. The number of oxazole rings is 1. The molecule has 0 saturated carbocycles. The van der Waals surface area contributed by atoms with Gasteiger partial charge >= 0.3 is 0 Å². The standard InChI is InChI=1S/C23H26N4O2/c1-18-2-4-20(5-3-18)21-16-25-22(29-21)6-7-23(28)27-14-12-26(13-15-27)17-19-8-10-24-11-9-19/h2-5,8-11,16H,6-7,12-15,17H2,1H3. The first-order valence-corrected chi connectivity index (χ1v) is 10.1. The van der Waals surface area contributed by atoms with Gasteiger partial charge in [-0.15, -0.1) is 0 Å². The van der Waals surface area contributed by atoms with Gasteiger partial charge in [0, 0.05) is 63.5 Å². The van der Waals surface area contributed by atoms with Crippen LogP contribution in [0.15, 0.2) is 59.4 Å². The van der Waals surface area contributed by atoms with Gasteiger partial charge in [0.1, 0.15) is 0 Å². The predicted octanol–water partition coefficient (Wildman–Crippen LogP) is 3.32. The molecule has 1 aliphatic rings. The SMILES string of the molecule is Cc1ccc(-c2cnc(CCC(=O)N3CCN(Cc4ccncc4)CC3)o2)cc1. The number of benzene rings is 1. The number of carbonyl (C=O) groups is 1. The summed E-state index contributed by atoms with van der Waals surface area (Å²) in [5.41, 5.74) is 3.47. The van der Waals surface area contributed by atoms with Crippen molar-refractivity contribution in [2.75, 3.05) is 26.2 Å². The molecule has 1 aromatic carbocycles. The van der Waals surface area contributed by atoms with Crippen LogP contribution in [0.2, 0.25) is 0 Å². The van der Waals surface area contributed by atoms with E-state index in [-0.39, 0.29) is 5.91 Å². The van der Waals surface area contributed by atoms with Gasteiger partial charge in [0.15, 0.2) is 11.7 Å². The van der Waals surface area contributed by atoms with E-state index in [1.165, 1.54) is 11.1 Å². The monoisotopic (exact) mass is 390 g/mol.